The molecule has 0 aromatic heterocycles. The van der Waals surface area contributed by atoms with Crippen molar-refractivity contribution in [2.45, 2.75) is 39.3 Å². The molecule has 0 radical (unpaired) electrons. The highest BCUT2D eigenvalue weighted by molar-refractivity contribution is 5.78. The van der Waals surface area contributed by atoms with E-state index in [0.29, 0.717) is 6.54 Å². The zero-order valence-corrected chi connectivity index (χ0v) is 14.1. The Balaban J connectivity index is 1.72. The molecule has 0 aliphatic carbocycles. The first kappa shape index (κ1) is 17.0. The predicted molar refractivity (Wildman–Crippen MR) is 90.7 cm³/mol. The van der Waals surface area contributed by atoms with Crippen LogP contribution in [0.1, 0.15) is 32.8 Å². The minimum Gasteiger partial charge on any atom is -0.350 e. The molecule has 1 fully saturated rings. The van der Waals surface area contributed by atoms with Crippen molar-refractivity contribution in [2.75, 3.05) is 32.7 Å². The van der Waals surface area contributed by atoms with Crippen molar-refractivity contribution in [3.63, 3.8) is 0 Å². The predicted octanol–water partition coefficient (Wildman–Crippen LogP) is 2.11. The number of carbonyl (C=O) groups is 1. The molecule has 1 aliphatic heterocycles. The lowest BCUT2D eigenvalue weighted by Gasteiger charge is -2.35. The molecule has 1 aromatic carbocycles. The number of nitrogens with one attached hydrogen (secondary N) is 1. The third kappa shape index (κ3) is 5.43. The molecule has 1 N–H and O–H groups in total. The van der Waals surface area contributed by atoms with E-state index >= 15 is 0 Å². The van der Waals surface area contributed by atoms with Gasteiger partial charge in [-0.1, -0.05) is 37.3 Å². The van der Waals surface area contributed by atoms with E-state index in [4.69, 9.17) is 0 Å². The first-order valence-corrected chi connectivity index (χ1v) is 8.28. The van der Waals surface area contributed by atoms with E-state index in [1.165, 1.54) is 5.56 Å². The third-order valence-corrected chi connectivity index (χ3v) is 4.44. The van der Waals surface area contributed by atoms with Gasteiger partial charge in [-0.15, -0.1) is 0 Å². The van der Waals surface area contributed by atoms with Gasteiger partial charge in [0.25, 0.3) is 0 Å². The molecule has 0 spiro atoms. The lowest BCUT2D eigenvalue weighted by atomic mass is 10.0. The van der Waals surface area contributed by atoms with Gasteiger partial charge < -0.3 is 5.32 Å². The highest BCUT2D eigenvalue weighted by Gasteiger charge is 2.22. The monoisotopic (exact) mass is 303 g/mol. The van der Waals surface area contributed by atoms with E-state index in [2.05, 4.69) is 66.2 Å². The van der Waals surface area contributed by atoms with Crippen molar-refractivity contribution < 1.29 is 4.79 Å². The number of amides is 1. The van der Waals surface area contributed by atoms with Crippen LogP contribution in [-0.4, -0.2) is 54.0 Å². The maximum atomic E-state index is 12.1. The van der Waals surface area contributed by atoms with E-state index in [-0.39, 0.29) is 11.4 Å². The van der Waals surface area contributed by atoms with Crippen molar-refractivity contribution in [2.24, 2.45) is 0 Å². The fourth-order valence-electron chi connectivity index (χ4n) is 2.66. The normalized spacial score (nSPS) is 17.4. The van der Waals surface area contributed by atoms with E-state index in [9.17, 15) is 4.79 Å². The maximum absolute atomic E-state index is 12.1. The first-order valence-electron chi connectivity index (χ1n) is 8.28. The Labute approximate surface area is 134 Å². The van der Waals surface area contributed by atoms with Gasteiger partial charge in [0.2, 0.25) is 5.91 Å². The summed E-state index contributed by atoms with van der Waals surface area (Å²) in [6.07, 6.45) is 0.948. The molecule has 0 atom stereocenters. The van der Waals surface area contributed by atoms with E-state index in [0.717, 1.165) is 39.1 Å². The largest absolute Gasteiger partial charge is 0.350 e. The molecule has 4 nitrogen and oxygen atoms in total. The molecule has 0 bridgehead atoms. The standard InChI is InChI=1S/C18H29N3O/c1-4-18(2,3)19-17(22)15-21-12-10-20(11-13-21)14-16-8-6-5-7-9-16/h5-9H,4,10-15H2,1-3H3,(H,19,22). The zero-order chi connectivity index (χ0) is 16.0. The van der Waals surface area contributed by atoms with Crippen LogP contribution in [0.25, 0.3) is 0 Å². The van der Waals surface area contributed by atoms with Gasteiger partial charge >= 0.3 is 0 Å². The van der Waals surface area contributed by atoms with Crippen LogP contribution in [0.15, 0.2) is 30.3 Å². The van der Waals surface area contributed by atoms with Crippen LogP contribution >= 0.6 is 0 Å². The van der Waals surface area contributed by atoms with Crippen molar-refractivity contribution >= 4 is 5.91 Å². The highest BCUT2D eigenvalue weighted by Crippen LogP contribution is 2.09. The smallest absolute Gasteiger partial charge is 0.234 e. The molecule has 4 heteroatoms. The summed E-state index contributed by atoms with van der Waals surface area (Å²) in [5, 5.41) is 3.11. The van der Waals surface area contributed by atoms with Gasteiger partial charge in [-0.2, -0.15) is 0 Å². The van der Waals surface area contributed by atoms with Gasteiger partial charge in [-0.3, -0.25) is 14.6 Å². The maximum Gasteiger partial charge on any atom is 0.234 e. The molecular weight excluding hydrogens is 274 g/mol. The van der Waals surface area contributed by atoms with Crippen LogP contribution < -0.4 is 5.32 Å². The van der Waals surface area contributed by atoms with Gasteiger partial charge in [-0.05, 0) is 25.8 Å². The fourth-order valence-corrected chi connectivity index (χ4v) is 2.66. The topological polar surface area (TPSA) is 35.6 Å². The van der Waals surface area contributed by atoms with Crippen LogP contribution in [-0.2, 0) is 11.3 Å². The zero-order valence-electron chi connectivity index (χ0n) is 14.1. The number of benzene rings is 1. The van der Waals surface area contributed by atoms with Crippen LogP contribution in [0.4, 0.5) is 0 Å². The average molecular weight is 303 g/mol. The molecule has 0 saturated carbocycles. The quantitative estimate of drug-likeness (QED) is 0.874. The van der Waals surface area contributed by atoms with Gasteiger partial charge in [0, 0.05) is 38.3 Å². The van der Waals surface area contributed by atoms with Crippen LogP contribution in [0.2, 0.25) is 0 Å². The van der Waals surface area contributed by atoms with Gasteiger partial charge in [-0.25, -0.2) is 0 Å². The van der Waals surface area contributed by atoms with Crippen molar-refractivity contribution in [1.29, 1.82) is 0 Å². The fraction of sp³-hybridized carbons (Fsp3) is 0.611. The number of carbonyl (C=O) groups excluding carboxylic acids is 1. The Morgan fingerprint density at radius 2 is 1.68 bits per heavy atom. The Morgan fingerprint density at radius 1 is 1.09 bits per heavy atom. The summed E-state index contributed by atoms with van der Waals surface area (Å²) in [6.45, 7) is 11.7. The molecule has 1 aromatic rings. The highest BCUT2D eigenvalue weighted by atomic mass is 16.2. The second-order valence-corrected chi connectivity index (χ2v) is 6.82. The minimum atomic E-state index is -0.105. The first-order chi connectivity index (χ1) is 10.5. The molecule has 1 aliphatic rings. The van der Waals surface area contributed by atoms with E-state index < -0.39 is 0 Å². The van der Waals surface area contributed by atoms with Gasteiger partial charge in [0.1, 0.15) is 0 Å². The van der Waals surface area contributed by atoms with Crippen molar-refractivity contribution in [1.82, 2.24) is 15.1 Å². The summed E-state index contributed by atoms with van der Waals surface area (Å²) < 4.78 is 0. The summed E-state index contributed by atoms with van der Waals surface area (Å²) in [4.78, 5) is 16.8. The lowest BCUT2D eigenvalue weighted by molar-refractivity contribution is -0.124. The molecule has 2 rings (SSSR count). The van der Waals surface area contributed by atoms with Gasteiger partial charge in [0.15, 0.2) is 0 Å². The second-order valence-electron chi connectivity index (χ2n) is 6.82. The van der Waals surface area contributed by atoms with E-state index in [1.807, 2.05) is 0 Å². The molecule has 122 valence electrons. The Kier molecular flexibility index (Phi) is 5.98. The molecule has 1 saturated heterocycles. The average Bonchev–Trinajstić information content (AvgIpc) is 2.50. The van der Waals surface area contributed by atoms with E-state index in [1.54, 1.807) is 0 Å². The number of nitrogens with zero attached hydrogens (tertiary/aromatic N) is 2. The van der Waals surface area contributed by atoms with Gasteiger partial charge in [0.05, 0.1) is 6.54 Å². The minimum absolute atomic E-state index is 0.105. The second kappa shape index (κ2) is 7.75. The number of hydrogen-bond acceptors (Lipinski definition) is 3. The molecule has 22 heavy (non-hydrogen) atoms. The summed E-state index contributed by atoms with van der Waals surface area (Å²) in [5.41, 5.74) is 1.25. The Morgan fingerprint density at radius 3 is 2.27 bits per heavy atom. The SMILES string of the molecule is CCC(C)(C)NC(=O)CN1CCN(Cc2ccccc2)CC1. The summed E-state index contributed by atoms with van der Waals surface area (Å²) in [6, 6.07) is 10.6. The van der Waals surface area contributed by atoms with Crippen molar-refractivity contribution in [3.8, 4) is 0 Å². The number of piperazine rings is 1. The lowest BCUT2D eigenvalue weighted by Crippen LogP contribution is -2.52. The van der Waals surface area contributed by atoms with Crippen LogP contribution in [0.5, 0.6) is 0 Å². The van der Waals surface area contributed by atoms with Crippen LogP contribution in [0, 0.1) is 0 Å². The number of rotatable bonds is 6. The third-order valence-electron chi connectivity index (χ3n) is 4.44. The summed E-state index contributed by atoms with van der Waals surface area (Å²) >= 11 is 0. The molecule has 1 heterocycles. The number of hydrogen-bond donors (Lipinski definition) is 1. The Hall–Kier alpha value is -1.39. The summed E-state index contributed by atoms with van der Waals surface area (Å²) in [7, 11) is 0. The van der Waals surface area contributed by atoms with Crippen LogP contribution in [0.3, 0.4) is 0 Å². The van der Waals surface area contributed by atoms with Crippen molar-refractivity contribution in [3.05, 3.63) is 35.9 Å². The molecule has 1 amide bonds. The summed E-state index contributed by atoms with van der Waals surface area (Å²) in [5.74, 6) is 0.142. The Bertz CT molecular complexity index is 464. The molecular formula is C18H29N3O. The molecule has 0 unspecified atom stereocenters.